The van der Waals surface area contributed by atoms with E-state index in [4.69, 9.17) is 10.8 Å². The fourth-order valence-corrected chi connectivity index (χ4v) is 1.49. The summed E-state index contributed by atoms with van der Waals surface area (Å²) < 4.78 is 1.60. The summed E-state index contributed by atoms with van der Waals surface area (Å²) in [6.45, 7) is 3.86. The number of nitrogen functional groups attached to an aromatic ring is 1. The van der Waals surface area contributed by atoms with E-state index in [0.29, 0.717) is 17.9 Å². The van der Waals surface area contributed by atoms with Gasteiger partial charge in [-0.15, -0.1) is 0 Å². The van der Waals surface area contributed by atoms with Crippen molar-refractivity contribution >= 4 is 23.4 Å². The lowest BCUT2D eigenvalue weighted by atomic mass is 10.2. The zero-order chi connectivity index (χ0) is 13.7. The van der Waals surface area contributed by atoms with E-state index in [-0.39, 0.29) is 24.8 Å². The Kier molecular flexibility index (Phi) is 4.70. The van der Waals surface area contributed by atoms with Gasteiger partial charge in [-0.05, 0) is 20.3 Å². The Bertz CT molecular complexity index is 439. The third-order valence-electron chi connectivity index (χ3n) is 2.39. The zero-order valence-electron chi connectivity index (χ0n) is 10.5. The highest BCUT2D eigenvalue weighted by atomic mass is 16.4. The van der Waals surface area contributed by atoms with Crippen LogP contribution in [0.2, 0.25) is 0 Å². The first-order chi connectivity index (χ1) is 8.41. The first-order valence-corrected chi connectivity index (χ1v) is 5.76. The van der Waals surface area contributed by atoms with Gasteiger partial charge in [0.05, 0.1) is 6.20 Å². The number of carboxylic acids is 1. The van der Waals surface area contributed by atoms with Gasteiger partial charge in [-0.3, -0.25) is 9.59 Å². The summed E-state index contributed by atoms with van der Waals surface area (Å²) in [6.07, 6.45) is 1.93. The molecule has 1 heterocycles. The van der Waals surface area contributed by atoms with Crippen LogP contribution in [0.5, 0.6) is 0 Å². The molecule has 0 aliphatic carbocycles. The van der Waals surface area contributed by atoms with Gasteiger partial charge in [-0.25, -0.2) is 4.68 Å². The quantitative estimate of drug-likeness (QED) is 0.707. The second kappa shape index (κ2) is 6.04. The summed E-state index contributed by atoms with van der Waals surface area (Å²) in [7, 11) is 0. The molecule has 0 spiro atoms. The van der Waals surface area contributed by atoms with E-state index in [1.807, 2.05) is 13.8 Å². The number of amides is 1. The number of nitrogens with one attached hydrogen (secondary N) is 1. The Morgan fingerprint density at radius 1 is 1.50 bits per heavy atom. The lowest BCUT2D eigenvalue weighted by molar-refractivity contribution is -0.137. The highest BCUT2D eigenvalue weighted by Crippen LogP contribution is 2.21. The number of carbonyl (C=O) groups is 2. The van der Waals surface area contributed by atoms with Crippen molar-refractivity contribution in [3.05, 3.63) is 6.20 Å². The molecule has 7 heteroatoms. The van der Waals surface area contributed by atoms with E-state index >= 15 is 0 Å². The minimum atomic E-state index is -0.907. The number of rotatable bonds is 6. The van der Waals surface area contributed by atoms with Crippen molar-refractivity contribution in [3.8, 4) is 0 Å². The number of nitrogens with two attached hydrogens (primary N) is 1. The molecule has 0 fully saturated rings. The van der Waals surface area contributed by atoms with Crippen molar-refractivity contribution in [2.45, 2.75) is 39.2 Å². The lowest BCUT2D eigenvalue weighted by Crippen LogP contribution is -2.14. The minimum Gasteiger partial charge on any atom is -0.481 e. The molecular weight excluding hydrogens is 236 g/mol. The number of anilines is 2. The monoisotopic (exact) mass is 254 g/mol. The Morgan fingerprint density at radius 3 is 2.67 bits per heavy atom. The van der Waals surface area contributed by atoms with E-state index < -0.39 is 5.97 Å². The highest BCUT2D eigenvalue weighted by molar-refractivity contribution is 5.93. The van der Waals surface area contributed by atoms with Crippen LogP contribution in [-0.2, 0) is 9.59 Å². The molecule has 0 unspecified atom stereocenters. The van der Waals surface area contributed by atoms with E-state index in [9.17, 15) is 9.59 Å². The van der Waals surface area contributed by atoms with Gasteiger partial charge in [-0.1, -0.05) is 0 Å². The first kappa shape index (κ1) is 14.0. The molecule has 18 heavy (non-hydrogen) atoms. The van der Waals surface area contributed by atoms with Gasteiger partial charge in [0.1, 0.15) is 11.5 Å². The summed E-state index contributed by atoms with van der Waals surface area (Å²) in [5.74, 6) is -0.766. The van der Waals surface area contributed by atoms with Gasteiger partial charge in [0.2, 0.25) is 5.91 Å². The molecule has 4 N–H and O–H groups in total. The van der Waals surface area contributed by atoms with Crippen molar-refractivity contribution in [1.82, 2.24) is 9.78 Å². The van der Waals surface area contributed by atoms with Gasteiger partial charge in [0, 0.05) is 18.9 Å². The van der Waals surface area contributed by atoms with Crippen LogP contribution in [0.3, 0.4) is 0 Å². The predicted molar refractivity (Wildman–Crippen MR) is 67.1 cm³/mol. The number of hydrogen-bond acceptors (Lipinski definition) is 4. The number of hydrogen-bond donors (Lipinski definition) is 3. The molecule has 1 rings (SSSR count). The standard InChI is InChI=1S/C11H18N4O3/c1-7(2)15-11(12)8(6-13-15)14-9(16)4-3-5-10(17)18/h6-7H,3-5,12H2,1-2H3,(H,14,16)(H,17,18). The number of carbonyl (C=O) groups excluding carboxylic acids is 1. The van der Waals surface area contributed by atoms with Crippen LogP contribution in [0.25, 0.3) is 0 Å². The fourth-order valence-electron chi connectivity index (χ4n) is 1.49. The van der Waals surface area contributed by atoms with Crippen LogP contribution in [-0.4, -0.2) is 26.8 Å². The molecule has 0 atom stereocenters. The first-order valence-electron chi connectivity index (χ1n) is 5.76. The number of nitrogens with zero attached hydrogens (tertiary/aromatic N) is 2. The van der Waals surface area contributed by atoms with Gasteiger partial charge in [0.15, 0.2) is 0 Å². The average Bonchev–Trinajstić information content (AvgIpc) is 2.60. The topological polar surface area (TPSA) is 110 Å². The summed E-state index contributed by atoms with van der Waals surface area (Å²) in [5.41, 5.74) is 6.28. The van der Waals surface area contributed by atoms with Crippen LogP contribution in [0.15, 0.2) is 6.20 Å². The van der Waals surface area contributed by atoms with Gasteiger partial charge < -0.3 is 16.2 Å². The van der Waals surface area contributed by atoms with E-state index in [1.54, 1.807) is 4.68 Å². The smallest absolute Gasteiger partial charge is 0.303 e. The Hall–Kier alpha value is -2.05. The third kappa shape index (κ3) is 3.76. The third-order valence-corrected chi connectivity index (χ3v) is 2.39. The predicted octanol–water partition coefficient (Wildman–Crippen LogP) is 1.24. The molecule has 0 saturated carbocycles. The minimum absolute atomic E-state index is 0.0197. The fraction of sp³-hybridized carbons (Fsp3) is 0.545. The average molecular weight is 254 g/mol. The van der Waals surface area contributed by atoms with Gasteiger partial charge >= 0.3 is 5.97 Å². The van der Waals surface area contributed by atoms with Crippen LogP contribution < -0.4 is 11.1 Å². The van der Waals surface area contributed by atoms with E-state index in [1.165, 1.54) is 6.20 Å². The molecule has 0 bridgehead atoms. The Balaban J connectivity index is 2.52. The Labute approximate surface area is 105 Å². The van der Waals surface area contributed by atoms with Crippen molar-refractivity contribution in [2.24, 2.45) is 0 Å². The Morgan fingerprint density at radius 2 is 2.17 bits per heavy atom. The molecule has 0 aromatic carbocycles. The molecule has 1 aromatic rings. The largest absolute Gasteiger partial charge is 0.481 e. The zero-order valence-corrected chi connectivity index (χ0v) is 10.5. The second-order valence-electron chi connectivity index (χ2n) is 4.28. The van der Waals surface area contributed by atoms with E-state index in [0.717, 1.165) is 0 Å². The normalized spacial score (nSPS) is 10.6. The maximum Gasteiger partial charge on any atom is 0.303 e. The van der Waals surface area contributed by atoms with Crippen LogP contribution in [0, 0.1) is 0 Å². The molecule has 7 nitrogen and oxygen atoms in total. The molecule has 100 valence electrons. The van der Waals surface area contributed by atoms with Crippen LogP contribution in [0.1, 0.15) is 39.2 Å². The summed E-state index contributed by atoms with van der Waals surface area (Å²) in [5, 5.41) is 15.1. The maximum absolute atomic E-state index is 11.5. The highest BCUT2D eigenvalue weighted by Gasteiger charge is 2.12. The summed E-state index contributed by atoms with van der Waals surface area (Å²) in [4.78, 5) is 21.8. The van der Waals surface area contributed by atoms with Crippen molar-refractivity contribution in [1.29, 1.82) is 0 Å². The van der Waals surface area contributed by atoms with Crippen LogP contribution >= 0.6 is 0 Å². The van der Waals surface area contributed by atoms with Crippen molar-refractivity contribution < 1.29 is 14.7 Å². The summed E-state index contributed by atoms with van der Waals surface area (Å²) >= 11 is 0. The lowest BCUT2D eigenvalue weighted by Gasteiger charge is -2.08. The number of aliphatic carboxylic acids is 1. The van der Waals surface area contributed by atoms with Gasteiger partial charge in [-0.2, -0.15) is 5.10 Å². The van der Waals surface area contributed by atoms with Crippen LogP contribution in [0.4, 0.5) is 11.5 Å². The molecular formula is C11H18N4O3. The SMILES string of the molecule is CC(C)n1ncc(NC(=O)CCCC(=O)O)c1N. The molecule has 1 amide bonds. The molecule has 1 aromatic heterocycles. The molecule has 0 aliphatic rings. The van der Waals surface area contributed by atoms with Crippen molar-refractivity contribution in [3.63, 3.8) is 0 Å². The van der Waals surface area contributed by atoms with Crippen molar-refractivity contribution in [2.75, 3.05) is 11.1 Å². The second-order valence-corrected chi connectivity index (χ2v) is 4.28. The molecule has 0 radical (unpaired) electrons. The molecule has 0 saturated heterocycles. The number of carboxylic acid groups (broad SMARTS) is 1. The molecule has 0 aliphatic heterocycles. The number of aromatic nitrogens is 2. The summed E-state index contributed by atoms with van der Waals surface area (Å²) in [6, 6.07) is 0.114. The maximum atomic E-state index is 11.5. The van der Waals surface area contributed by atoms with Gasteiger partial charge in [0.25, 0.3) is 0 Å². The van der Waals surface area contributed by atoms with E-state index in [2.05, 4.69) is 10.4 Å².